The summed E-state index contributed by atoms with van der Waals surface area (Å²) < 4.78 is 0.769. The van der Waals surface area contributed by atoms with Gasteiger partial charge in [-0.1, -0.05) is 39.7 Å². The van der Waals surface area contributed by atoms with Crippen molar-refractivity contribution in [2.75, 3.05) is 4.90 Å². The van der Waals surface area contributed by atoms with E-state index in [9.17, 15) is 24.8 Å². The molecule has 0 radical (unpaired) electrons. The third-order valence-electron chi connectivity index (χ3n) is 5.06. The molecule has 32 heavy (non-hydrogen) atoms. The van der Waals surface area contributed by atoms with E-state index in [2.05, 4.69) is 15.9 Å². The van der Waals surface area contributed by atoms with Crippen molar-refractivity contribution >= 4 is 56.4 Å². The van der Waals surface area contributed by atoms with E-state index in [0.717, 1.165) is 4.47 Å². The fraction of sp³-hybridized carbons (Fsp3) is 0.0435. The Hall–Kier alpha value is -3.49. The Kier molecular flexibility index (Phi) is 5.82. The summed E-state index contributed by atoms with van der Waals surface area (Å²) in [4.78, 5) is 38.1. The van der Waals surface area contributed by atoms with Gasteiger partial charge < -0.3 is 5.11 Å². The maximum Gasteiger partial charge on any atom is 0.300 e. The Labute approximate surface area is 195 Å². The molecule has 1 saturated heterocycles. The number of Topliss-reactive ketones (excluding diaryl/α,β-unsaturated/α-hetero) is 1. The number of carbonyl (C=O) groups is 2. The molecular formula is C23H14BrClN2O5. The molecule has 1 fully saturated rings. The van der Waals surface area contributed by atoms with E-state index in [4.69, 9.17) is 11.6 Å². The highest BCUT2D eigenvalue weighted by molar-refractivity contribution is 9.10. The molecule has 4 rings (SSSR count). The number of ketones is 1. The molecule has 0 aromatic heterocycles. The van der Waals surface area contributed by atoms with Crippen LogP contribution in [-0.4, -0.2) is 21.7 Å². The van der Waals surface area contributed by atoms with Crippen molar-refractivity contribution in [1.82, 2.24) is 0 Å². The van der Waals surface area contributed by atoms with Gasteiger partial charge in [-0.3, -0.25) is 24.6 Å². The number of nitro groups is 1. The number of aliphatic hydroxyl groups excluding tert-OH is 1. The van der Waals surface area contributed by atoms with Crippen molar-refractivity contribution in [3.63, 3.8) is 0 Å². The van der Waals surface area contributed by atoms with Crippen molar-refractivity contribution in [2.24, 2.45) is 0 Å². The Bertz CT molecular complexity index is 1270. The molecule has 0 saturated carbocycles. The second kappa shape index (κ2) is 8.57. The predicted octanol–water partition coefficient (Wildman–Crippen LogP) is 5.64. The van der Waals surface area contributed by atoms with Gasteiger partial charge in [-0.25, -0.2) is 0 Å². The average molecular weight is 514 g/mol. The first-order chi connectivity index (χ1) is 15.3. The number of halogens is 2. The normalized spacial score (nSPS) is 17.6. The SMILES string of the molecule is O=C1C(=O)N(c2ccc(Br)cc2)C(c2cccc([N+](=O)[O-])c2)/C1=C(/O)c1ccc(Cl)cc1. The number of hydrogen-bond donors (Lipinski definition) is 1. The summed E-state index contributed by atoms with van der Waals surface area (Å²) in [5.74, 6) is -2.13. The minimum absolute atomic E-state index is 0.166. The molecule has 1 heterocycles. The van der Waals surface area contributed by atoms with Gasteiger partial charge in [-0.2, -0.15) is 0 Å². The van der Waals surface area contributed by atoms with E-state index < -0.39 is 28.4 Å². The summed E-state index contributed by atoms with van der Waals surface area (Å²) in [6, 6.07) is 17.4. The zero-order valence-corrected chi connectivity index (χ0v) is 18.6. The van der Waals surface area contributed by atoms with Crippen LogP contribution in [0.1, 0.15) is 17.2 Å². The quantitative estimate of drug-likeness (QED) is 0.160. The van der Waals surface area contributed by atoms with Crippen LogP contribution in [-0.2, 0) is 9.59 Å². The lowest BCUT2D eigenvalue weighted by molar-refractivity contribution is -0.384. The Morgan fingerprint density at radius 3 is 2.31 bits per heavy atom. The summed E-state index contributed by atoms with van der Waals surface area (Å²) in [6.07, 6.45) is 0. The molecule has 1 aliphatic heterocycles. The molecule has 160 valence electrons. The van der Waals surface area contributed by atoms with Crippen LogP contribution in [0.2, 0.25) is 5.02 Å². The maximum atomic E-state index is 13.1. The third-order valence-corrected chi connectivity index (χ3v) is 5.84. The highest BCUT2D eigenvalue weighted by Crippen LogP contribution is 2.43. The number of amides is 1. The fourth-order valence-electron chi connectivity index (χ4n) is 3.59. The van der Waals surface area contributed by atoms with Crippen LogP contribution in [0.25, 0.3) is 5.76 Å². The minimum atomic E-state index is -1.06. The minimum Gasteiger partial charge on any atom is -0.507 e. The number of benzene rings is 3. The van der Waals surface area contributed by atoms with Crippen LogP contribution in [0.5, 0.6) is 0 Å². The third kappa shape index (κ3) is 3.90. The molecule has 3 aromatic carbocycles. The first kappa shape index (κ1) is 21.7. The van der Waals surface area contributed by atoms with Crippen molar-refractivity contribution in [3.05, 3.63) is 109 Å². The van der Waals surface area contributed by atoms with Gasteiger partial charge in [0.2, 0.25) is 0 Å². The van der Waals surface area contributed by atoms with Gasteiger partial charge in [0.25, 0.3) is 17.4 Å². The van der Waals surface area contributed by atoms with E-state index in [1.807, 2.05) is 0 Å². The summed E-state index contributed by atoms with van der Waals surface area (Å²) in [6.45, 7) is 0. The molecule has 1 amide bonds. The number of nitrogens with zero attached hydrogens (tertiary/aromatic N) is 2. The molecule has 9 heteroatoms. The zero-order chi connectivity index (χ0) is 23.0. The van der Waals surface area contributed by atoms with Gasteiger partial charge in [0.05, 0.1) is 16.5 Å². The molecule has 0 bridgehead atoms. The second-order valence-corrected chi connectivity index (χ2v) is 8.36. The molecule has 1 N–H and O–H groups in total. The molecule has 1 unspecified atom stereocenters. The highest BCUT2D eigenvalue weighted by atomic mass is 79.9. The summed E-state index contributed by atoms with van der Waals surface area (Å²) in [5, 5.41) is 22.8. The van der Waals surface area contributed by atoms with Crippen LogP contribution >= 0.6 is 27.5 Å². The molecule has 1 atom stereocenters. The monoisotopic (exact) mass is 512 g/mol. The Morgan fingerprint density at radius 1 is 1.03 bits per heavy atom. The summed E-state index contributed by atoms with van der Waals surface area (Å²) >= 11 is 9.25. The second-order valence-electron chi connectivity index (χ2n) is 7.00. The van der Waals surface area contributed by atoms with Crippen LogP contribution in [0.4, 0.5) is 11.4 Å². The predicted molar refractivity (Wildman–Crippen MR) is 123 cm³/mol. The first-order valence-electron chi connectivity index (χ1n) is 9.35. The number of rotatable bonds is 4. The van der Waals surface area contributed by atoms with E-state index in [1.54, 1.807) is 42.5 Å². The topological polar surface area (TPSA) is 101 Å². The molecule has 0 spiro atoms. The van der Waals surface area contributed by atoms with Crippen molar-refractivity contribution < 1.29 is 19.6 Å². The molecule has 3 aromatic rings. The van der Waals surface area contributed by atoms with Crippen molar-refractivity contribution in [1.29, 1.82) is 0 Å². The van der Waals surface area contributed by atoms with Crippen LogP contribution in [0.15, 0.2) is 82.8 Å². The van der Waals surface area contributed by atoms with E-state index in [-0.39, 0.29) is 11.3 Å². The van der Waals surface area contributed by atoms with Crippen molar-refractivity contribution in [2.45, 2.75) is 6.04 Å². The highest BCUT2D eigenvalue weighted by Gasteiger charge is 2.47. The Balaban J connectivity index is 1.96. The van der Waals surface area contributed by atoms with Crippen LogP contribution in [0, 0.1) is 10.1 Å². The van der Waals surface area contributed by atoms with Gasteiger partial charge >= 0.3 is 0 Å². The fourth-order valence-corrected chi connectivity index (χ4v) is 3.98. The lowest BCUT2D eigenvalue weighted by atomic mass is 9.95. The number of nitro benzene ring substituents is 1. The Morgan fingerprint density at radius 2 is 1.69 bits per heavy atom. The number of hydrogen-bond acceptors (Lipinski definition) is 5. The van der Waals surface area contributed by atoms with Crippen LogP contribution in [0.3, 0.4) is 0 Å². The van der Waals surface area contributed by atoms with Gasteiger partial charge in [0.1, 0.15) is 5.76 Å². The molecular weight excluding hydrogens is 500 g/mol. The first-order valence-corrected chi connectivity index (χ1v) is 10.5. The largest absolute Gasteiger partial charge is 0.507 e. The van der Waals surface area contributed by atoms with E-state index >= 15 is 0 Å². The lowest BCUT2D eigenvalue weighted by Gasteiger charge is -2.25. The number of non-ortho nitro benzene ring substituents is 1. The molecule has 0 aliphatic carbocycles. The maximum absolute atomic E-state index is 13.1. The summed E-state index contributed by atoms with van der Waals surface area (Å²) in [7, 11) is 0. The smallest absolute Gasteiger partial charge is 0.300 e. The molecule has 1 aliphatic rings. The van der Waals surface area contributed by atoms with Crippen LogP contribution < -0.4 is 4.90 Å². The zero-order valence-electron chi connectivity index (χ0n) is 16.2. The number of aliphatic hydroxyl groups is 1. The number of anilines is 1. The van der Waals surface area contributed by atoms with Gasteiger partial charge in [-0.15, -0.1) is 0 Å². The average Bonchev–Trinajstić information content (AvgIpc) is 3.05. The lowest BCUT2D eigenvalue weighted by Crippen LogP contribution is -2.29. The van der Waals surface area contributed by atoms with Gasteiger partial charge in [-0.05, 0) is 54.1 Å². The van der Waals surface area contributed by atoms with Gasteiger partial charge in [0.15, 0.2) is 0 Å². The molecule has 7 nitrogen and oxygen atoms in total. The standard InChI is InChI=1S/C23H14BrClN2O5/c24-15-6-10-17(11-7-15)26-20(14-2-1-3-18(12-14)27(31)32)19(22(29)23(26)30)21(28)13-4-8-16(25)9-5-13/h1-12,20,28H/b21-19-. The number of carbonyl (C=O) groups excluding carboxylic acids is 2. The van der Waals surface area contributed by atoms with E-state index in [0.29, 0.717) is 21.8 Å². The summed E-state index contributed by atoms with van der Waals surface area (Å²) in [5.41, 5.74) is 0.647. The van der Waals surface area contributed by atoms with E-state index in [1.165, 1.54) is 35.2 Å². The van der Waals surface area contributed by atoms with Crippen molar-refractivity contribution in [3.8, 4) is 0 Å². The van der Waals surface area contributed by atoms with Gasteiger partial charge in [0, 0.05) is 32.9 Å².